The molecule has 1 atom stereocenters. The molecule has 5 heteroatoms. The van der Waals surface area contributed by atoms with Gasteiger partial charge in [-0.15, -0.1) is 0 Å². The van der Waals surface area contributed by atoms with Gasteiger partial charge in [-0.3, -0.25) is 9.36 Å². The number of carbonyl (C=O) groups is 1. The van der Waals surface area contributed by atoms with Crippen molar-refractivity contribution in [2.24, 2.45) is 5.41 Å². The second-order valence-corrected chi connectivity index (χ2v) is 7.15. The first-order chi connectivity index (χ1) is 11.3. The number of carbonyl (C=O) groups excluding carboxylic acids is 1. The van der Waals surface area contributed by atoms with E-state index in [1.165, 1.54) is 11.6 Å². The van der Waals surface area contributed by atoms with Crippen molar-refractivity contribution in [3.8, 4) is 0 Å². The maximum Gasteiger partial charge on any atom is 0.319 e. The first-order valence-electron chi connectivity index (χ1n) is 8.11. The standard InChI is InChI=1S/C19H22F2N2O/c1-13-9-10-16(23(13)18(20)21)17(24)22-11-15(19(2,3)12-22)14-7-5-4-6-8-14/h4-10,15,18H,11-12H2,1-3H3. The number of hydrogen-bond donors (Lipinski definition) is 0. The van der Waals surface area contributed by atoms with Crippen molar-refractivity contribution in [3.05, 3.63) is 59.4 Å². The molecule has 0 radical (unpaired) electrons. The lowest BCUT2D eigenvalue weighted by Gasteiger charge is -2.25. The Kier molecular flexibility index (Phi) is 4.20. The number of nitrogens with zero attached hydrogens (tertiary/aromatic N) is 2. The highest BCUT2D eigenvalue weighted by molar-refractivity contribution is 5.93. The Morgan fingerprint density at radius 1 is 1.17 bits per heavy atom. The van der Waals surface area contributed by atoms with Gasteiger partial charge in [-0.25, -0.2) is 0 Å². The van der Waals surface area contributed by atoms with Crippen LogP contribution in [0.2, 0.25) is 0 Å². The van der Waals surface area contributed by atoms with Gasteiger partial charge in [-0.2, -0.15) is 8.78 Å². The fourth-order valence-corrected chi connectivity index (χ4v) is 3.68. The van der Waals surface area contributed by atoms with Gasteiger partial charge in [0.15, 0.2) is 0 Å². The first kappa shape index (κ1) is 16.7. The molecule has 2 aromatic rings. The Bertz CT molecular complexity index is 737. The third kappa shape index (κ3) is 2.83. The average Bonchev–Trinajstić information content (AvgIpc) is 3.07. The van der Waals surface area contributed by atoms with Crippen LogP contribution in [0.4, 0.5) is 8.78 Å². The van der Waals surface area contributed by atoms with Crippen LogP contribution in [0.15, 0.2) is 42.5 Å². The lowest BCUT2D eigenvalue weighted by Crippen LogP contribution is -2.32. The summed E-state index contributed by atoms with van der Waals surface area (Å²) in [6.45, 7) is 4.22. The number of amides is 1. The highest BCUT2D eigenvalue weighted by Crippen LogP contribution is 2.42. The fraction of sp³-hybridized carbons (Fsp3) is 0.421. The van der Waals surface area contributed by atoms with Crippen LogP contribution in [0.25, 0.3) is 0 Å². The van der Waals surface area contributed by atoms with Crippen molar-refractivity contribution in [3.63, 3.8) is 0 Å². The maximum atomic E-state index is 13.3. The molecule has 2 heterocycles. The van der Waals surface area contributed by atoms with Gasteiger partial charge in [0.1, 0.15) is 5.69 Å². The molecule has 0 spiro atoms. The summed E-state index contributed by atoms with van der Waals surface area (Å²) in [5, 5.41) is 0. The molecule has 3 nitrogen and oxygen atoms in total. The van der Waals surface area contributed by atoms with Gasteiger partial charge in [0.2, 0.25) is 0 Å². The minimum atomic E-state index is -2.71. The Labute approximate surface area is 140 Å². The third-order valence-corrected chi connectivity index (χ3v) is 4.97. The number of hydrogen-bond acceptors (Lipinski definition) is 1. The van der Waals surface area contributed by atoms with E-state index < -0.39 is 6.55 Å². The smallest absolute Gasteiger partial charge is 0.319 e. The molecule has 1 aliphatic rings. The van der Waals surface area contributed by atoms with E-state index in [1.807, 2.05) is 18.2 Å². The number of rotatable bonds is 3. The van der Waals surface area contributed by atoms with Crippen molar-refractivity contribution < 1.29 is 13.6 Å². The molecular formula is C19H22F2N2O. The van der Waals surface area contributed by atoms with Gasteiger partial charge >= 0.3 is 6.55 Å². The van der Waals surface area contributed by atoms with Crippen LogP contribution in [-0.2, 0) is 0 Å². The second kappa shape index (κ2) is 6.04. The SMILES string of the molecule is Cc1ccc(C(=O)N2CC(c3ccccc3)C(C)(C)C2)n1C(F)F. The summed E-state index contributed by atoms with van der Waals surface area (Å²) < 4.78 is 27.3. The van der Waals surface area contributed by atoms with E-state index in [-0.39, 0.29) is 22.9 Å². The molecule has 0 saturated carbocycles. The van der Waals surface area contributed by atoms with Gasteiger partial charge in [0, 0.05) is 24.7 Å². The predicted molar refractivity (Wildman–Crippen MR) is 89.3 cm³/mol. The Morgan fingerprint density at radius 2 is 1.83 bits per heavy atom. The van der Waals surface area contributed by atoms with Crippen molar-refractivity contribution >= 4 is 5.91 Å². The summed E-state index contributed by atoms with van der Waals surface area (Å²) in [7, 11) is 0. The Balaban J connectivity index is 1.88. The quantitative estimate of drug-likeness (QED) is 0.815. The van der Waals surface area contributed by atoms with Gasteiger partial charge in [-0.1, -0.05) is 44.2 Å². The van der Waals surface area contributed by atoms with Crippen LogP contribution < -0.4 is 0 Å². The summed E-state index contributed by atoms with van der Waals surface area (Å²) >= 11 is 0. The molecular weight excluding hydrogens is 310 g/mol. The minimum absolute atomic E-state index is 0.0620. The van der Waals surface area contributed by atoms with Crippen LogP contribution >= 0.6 is 0 Å². The summed E-state index contributed by atoms with van der Waals surface area (Å²) in [4.78, 5) is 14.5. The number of benzene rings is 1. The number of aryl methyl sites for hydroxylation is 1. The number of alkyl halides is 2. The summed E-state index contributed by atoms with van der Waals surface area (Å²) in [5.41, 5.74) is 1.53. The van der Waals surface area contributed by atoms with E-state index in [0.717, 1.165) is 4.57 Å². The zero-order chi connectivity index (χ0) is 17.5. The topological polar surface area (TPSA) is 25.2 Å². The Morgan fingerprint density at radius 3 is 2.46 bits per heavy atom. The molecule has 0 bridgehead atoms. The normalized spacial score (nSPS) is 19.9. The number of aromatic nitrogens is 1. The summed E-state index contributed by atoms with van der Waals surface area (Å²) in [6, 6.07) is 13.1. The van der Waals surface area contributed by atoms with Gasteiger partial charge in [-0.05, 0) is 30.0 Å². The van der Waals surface area contributed by atoms with E-state index in [2.05, 4.69) is 26.0 Å². The lowest BCUT2D eigenvalue weighted by atomic mass is 9.78. The third-order valence-electron chi connectivity index (χ3n) is 4.97. The van der Waals surface area contributed by atoms with Crippen molar-refractivity contribution in [2.45, 2.75) is 33.2 Å². The van der Waals surface area contributed by atoms with Crippen LogP contribution in [0.3, 0.4) is 0 Å². The molecule has 1 aliphatic heterocycles. The average molecular weight is 332 g/mol. The van der Waals surface area contributed by atoms with Crippen molar-refractivity contribution in [1.29, 1.82) is 0 Å². The van der Waals surface area contributed by atoms with Crippen LogP contribution in [0.5, 0.6) is 0 Å². The van der Waals surface area contributed by atoms with Gasteiger partial charge in [0.05, 0.1) is 0 Å². The fourth-order valence-electron chi connectivity index (χ4n) is 3.68. The largest absolute Gasteiger partial charge is 0.336 e. The maximum absolute atomic E-state index is 13.3. The molecule has 0 N–H and O–H groups in total. The van der Waals surface area contributed by atoms with E-state index in [1.54, 1.807) is 17.9 Å². The lowest BCUT2D eigenvalue weighted by molar-refractivity contribution is 0.0561. The summed E-state index contributed by atoms with van der Waals surface area (Å²) in [5.74, 6) is -0.131. The van der Waals surface area contributed by atoms with Crippen LogP contribution in [0.1, 0.15) is 48.1 Å². The van der Waals surface area contributed by atoms with Crippen molar-refractivity contribution in [1.82, 2.24) is 9.47 Å². The minimum Gasteiger partial charge on any atom is -0.336 e. The molecule has 24 heavy (non-hydrogen) atoms. The molecule has 128 valence electrons. The molecule has 1 saturated heterocycles. The summed E-state index contributed by atoms with van der Waals surface area (Å²) in [6.07, 6.45) is 0. The highest BCUT2D eigenvalue weighted by atomic mass is 19.3. The molecule has 3 rings (SSSR count). The van der Waals surface area contributed by atoms with E-state index in [0.29, 0.717) is 18.8 Å². The molecule has 0 aliphatic carbocycles. The van der Waals surface area contributed by atoms with Crippen molar-refractivity contribution in [2.75, 3.05) is 13.1 Å². The zero-order valence-electron chi connectivity index (χ0n) is 14.2. The second-order valence-electron chi connectivity index (χ2n) is 7.15. The Hall–Kier alpha value is -2.17. The van der Waals surface area contributed by atoms with Crippen LogP contribution in [-0.4, -0.2) is 28.5 Å². The predicted octanol–water partition coefficient (Wildman–Crippen LogP) is 4.46. The van der Waals surface area contributed by atoms with E-state index in [9.17, 15) is 13.6 Å². The molecule has 1 amide bonds. The molecule has 1 aromatic heterocycles. The van der Waals surface area contributed by atoms with Crippen LogP contribution in [0, 0.1) is 12.3 Å². The number of likely N-dealkylation sites (tertiary alicyclic amines) is 1. The highest BCUT2D eigenvalue weighted by Gasteiger charge is 2.42. The van der Waals surface area contributed by atoms with E-state index >= 15 is 0 Å². The monoisotopic (exact) mass is 332 g/mol. The first-order valence-corrected chi connectivity index (χ1v) is 8.11. The zero-order valence-corrected chi connectivity index (χ0v) is 14.2. The van der Waals surface area contributed by atoms with Gasteiger partial charge < -0.3 is 4.90 Å². The molecule has 1 unspecified atom stereocenters. The van der Waals surface area contributed by atoms with Gasteiger partial charge in [0.25, 0.3) is 5.91 Å². The molecule has 1 fully saturated rings. The molecule has 1 aromatic carbocycles. The van der Waals surface area contributed by atoms with E-state index in [4.69, 9.17) is 0 Å². The number of halogens is 2.